The van der Waals surface area contributed by atoms with E-state index in [1.54, 1.807) is 0 Å². The van der Waals surface area contributed by atoms with Crippen LogP contribution in [-0.4, -0.2) is 41.8 Å². The molecule has 1 saturated carbocycles. The molecule has 8 heteroatoms. The van der Waals surface area contributed by atoms with E-state index < -0.39 is 35.3 Å². The number of hydrogen-bond donors (Lipinski definition) is 3. The number of nitrogens with one attached hydrogen (secondary N) is 3. The number of amides is 3. The maximum absolute atomic E-state index is 13.7. The zero-order chi connectivity index (χ0) is 29.2. The van der Waals surface area contributed by atoms with Crippen LogP contribution in [0.4, 0.5) is 4.79 Å². The van der Waals surface area contributed by atoms with Gasteiger partial charge in [-0.2, -0.15) is 0 Å². The number of carbonyl (C=O) groups is 4. The zero-order valence-electron chi connectivity index (χ0n) is 23.5. The van der Waals surface area contributed by atoms with Gasteiger partial charge in [0.1, 0.15) is 18.2 Å². The molecule has 3 aromatic carbocycles. The molecule has 0 aromatic heterocycles. The summed E-state index contributed by atoms with van der Waals surface area (Å²) in [7, 11) is 0. The number of rotatable bonds is 13. The van der Waals surface area contributed by atoms with Gasteiger partial charge in [-0.1, -0.05) is 105 Å². The first kappa shape index (κ1) is 29.5. The molecule has 0 unspecified atom stereocenters. The maximum Gasteiger partial charge on any atom is 0.408 e. The fraction of sp³-hybridized carbons (Fsp3) is 0.333. The minimum absolute atomic E-state index is 0.0645. The fourth-order valence-corrected chi connectivity index (χ4v) is 5.05. The first-order chi connectivity index (χ1) is 19.8. The van der Waals surface area contributed by atoms with Gasteiger partial charge in [0.15, 0.2) is 0 Å². The zero-order valence-corrected chi connectivity index (χ0v) is 23.5. The van der Waals surface area contributed by atoms with Gasteiger partial charge in [0.25, 0.3) is 5.91 Å². The van der Waals surface area contributed by atoms with Crippen LogP contribution >= 0.6 is 0 Å². The van der Waals surface area contributed by atoms with E-state index in [9.17, 15) is 19.2 Å². The summed E-state index contributed by atoms with van der Waals surface area (Å²) in [5, 5.41) is 8.26. The summed E-state index contributed by atoms with van der Waals surface area (Å²) in [5.41, 5.74) is 1.43. The minimum atomic E-state index is -1.22. The molecule has 0 saturated heterocycles. The lowest BCUT2D eigenvalue weighted by Gasteiger charge is -2.24. The van der Waals surface area contributed by atoms with Crippen LogP contribution in [0, 0.1) is 11.8 Å². The van der Waals surface area contributed by atoms with Crippen molar-refractivity contribution in [1.29, 1.82) is 0 Å². The number of hydrogen-bond acceptors (Lipinski definition) is 5. The highest BCUT2D eigenvalue weighted by Crippen LogP contribution is 2.48. The van der Waals surface area contributed by atoms with Gasteiger partial charge in [0.2, 0.25) is 11.7 Å². The molecule has 0 radical (unpaired) electrons. The fourth-order valence-electron chi connectivity index (χ4n) is 5.05. The van der Waals surface area contributed by atoms with Gasteiger partial charge in [-0.05, 0) is 41.4 Å². The monoisotopic (exact) mass is 555 g/mol. The van der Waals surface area contributed by atoms with Crippen molar-refractivity contribution >= 4 is 23.7 Å². The summed E-state index contributed by atoms with van der Waals surface area (Å²) in [6, 6.07) is 27.0. The molecule has 214 valence electrons. The molecule has 0 bridgehead atoms. The topological polar surface area (TPSA) is 114 Å². The Balaban J connectivity index is 1.44. The average molecular weight is 556 g/mol. The van der Waals surface area contributed by atoms with Gasteiger partial charge in [-0.3, -0.25) is 14.4 Å². The standard InChI is InChI=1S/C33H37N3O5/c1-23(2)27-21-33(27,36-32(40)41-22-26-16-10-5-11-17-26)31(39)35-28(20-25-14-8-4-9-15-25)29(37)30(38)34-19-18-24-12-6-3-7-13-24/h3-17,23,27-28H,18-22H2,1-2H3,(H,34,38)(H,35,39)(H,36,40)/t27-,28-,33-/m0/s1. The molecule has 3 amide bonds. The quantitative estimate of drug-likeness (QED) is 0.276. The van der Waals surface area contributed by atoms with Crippen LogP contribution in [0.5, 0.6) is 0 Å². The summed E-state index contributed by atoms with van der Waals surface area (Å²) >= 11 is 0. The minimum Gasteiger partial charge on any atom is -0.445 e. The van der Waals surface area contributed by atoms with Crippen molar-refractivity contribution in [3.05, 3.63) is 108 Å². The Morgan fingerprint density at radius 2 is 1.39 bits per heavy atom. The maximum atomic E-state index is 13.7. The third kappa shape index (κ3) is 8.03. The molecule has 0 aliphatic heterocycles. The number of carbonyl (C=O) groups excluding carboxylic acids is 4. The van der Waals surface area contributed by atoms with Crippen molar-refractivity contribution in [2.75, 3.05) is 6.54 Å². The van der Waals surface area contributed by atoms with Crippen molar-refractivity contribution in [3.8, 4) is 0 Å². The van der Waals surface area contributed by atoms with E-state index in [1.165, 1.54) is 0 Å². The molecule has 41 heavy (non-hydrogen) atoms. The van der Waals surface area contributed by atoms with Gasteiger partial charge in [0.05, 0.1) is 0 Å². The molecule has 0 heterocycles. The Bertz CT molecular complexity index is 1330. The van der Waals surface area contributed by atoms with Crippen LogP contribution in [0.3, 0.4) is 0 Å². The van der Waals surface area contributed by atoms with Gasteiger partial charge < -0.3 is 20.7 Å². The normalized spacial score (nSPS) is 18.2. The molecule has 1 aliphatic carbocycles. The SMILES string of the molecule is CC(C)[C@@H]1C[C@@]1(NC(=O)OCc1ccccc1)C(=O)N[C@@H](Cc1ccccc1)C(=O)C(=O)NCCc1ccccc1. The molecule has 1 fully saturated rings. The van der Waals surface area contributed by atoms with Gasteiger partial charge in [-0.15, -0.1) is 0 Å². The number of ether oxygens (including phenoxy) is 1. The highest BCUT2D eigenvalue weighted by Gasteiger charge is 2.62. The van der Waals surface area contributed by atoms with Crippen molar-refractivity contribution < 1.29 is 23.9 Å². The number of ketones is 1. The van der Waals surface area contributed by atoms with Crippen LogP contribution in [0.1, 0.15) is 37.0 Å². The van der Waals surface area contributed by atoms with Crippen LogP contribution in [0.25, 0.3) is 0 Å². The van der Waals surface area contributed by atoms with Gasteiger partial charge in [0, 0.05) is 13.0 Å². The van der Waals surface area contributed by atoms with Crippen LogP contribution in [-0.2, 0) is 38.6 Å². The average Bonchev–Trinajstić information content (AvgIpc) is 3.72. The lowest BCUT2D eigenvalue weighted by atomic mass is 9.99. The number of Topliss-reactive ketones (excluding diaryl/α,β-unsaturated/α-hetero) is 1. The second-order valence-corrected chi connectivity index (χ2v) is 10.8. The number of benzene rings is 3. The lowest BCUT2D eigenvalue weighted by molar-refractivity contribution is -0.140. The first-order valence-electron chi connectivity index (χ1n) is 14.0. The molecule has 0 spiro atoms. The van der Waals surface area contributed by atoms with Gasteiger partial charge in [-0.25, -0.2) is 4.79 Å². The van der Waals surface area contributed by atoms with E-state index in [1.807, 2.05) is 105 Å². The third-order valence-corrected chi connectivity index (χ3v) is 7.43. The molecule has 3 N–H and O–H groups in total. The largest absolute Gasteiger partial charge is 0.445 e. The third-order valence-electron chi connectivity index (χ3n) is 7.43. The second-order valence-electron chi connectivity index (χ2n) is 10.8. The predicted octanol–water partition coefficient (Wildman–Crippen LogP) is 3.98. The van der Waals surface area contributed by atoms with Crippen molar-refractivity contribution in [1.82, 2.24) is 16.0 Å². The van der Waals surface area contributed by atoms with Crippen molar-refractivity contribution in [2.45, 2.75) is 51.3 Å². The Kier molecular flexibility index (Phi) is 9.90. The highest BCUT2D eigenvalue weighted by molar-refractivity contribution is 6.38. The molecule has 4 rings (SSSR count). The predicted molar refractivity (Wildman–Crippen MR) is 156 cm³/mol. The summed E-state index contributed by atoms with van der Waals surface area (Å²) < 4.78 is 5.39. The lowest BCUT2D eigenvalue weighted by Crippen LogP contribution is -2.57. The Hall–Kier alpha value is -4.46. The highest BCUT2D eigenvalue weighted by atomic mass is 16.5. The van der Waals surface area contributed by atoms with Crippen LogP contribution in [0.2, 0.25) is 0 Å². The van der Waals surface area contributed by atoms with E-state index in [4.69, 9.17) is 4.74 Å². The van der Waals surface area contributed by atoms with E-state index in [-0.39, 0.29) is 31.4 Å². The van der Waals surface area contributed by atoms with E-state index in [0.717, 1.165) is 16.7 Å². The Morgan fingerprint density at radius 1 is 0.829 bits per heavy atom. The smallest absolute Gasteiger partial charge is 0.408 e. The van der Waals surface area contributed by atoms with Crippen molar-refractivity contribution in [3.63, 3.8) is 0 Å². The molecule has 3 aromatic rings. The summed E-state index contributed by atoms with van der Waals surface area (Å²) in [6.07, 6.45) is 0.408. The van der Waals surface area contributed by atoms with Crippen molar-refractivity contribution in [2.24, 2.45) is 11.8 Å². The molecular formula is C33H37N3O5. The molecule has 8 nitrogen and oxygen atoms in total. The summed E-state index contributed by atoms with van der Waals surface area (Å²) in [6.45, 7) is 4.30. The second kappa shape index (κ2) is 13.7. The van der Waals surface area contributed by atoms with Crippen LogP contribution < -0.4 is 16.0 Å². The summed E-state index contributed by atoms with van der Waals surface area (Å²) in [5.74, 6) is -2.04. The molecular weight excluding hydrogens is 518 g/mol. The van der Waals surface area contributed by atoms with Crippen LogP contribution in [0.15, 0.2) is 91.0 Å². The molecule has 1 aliphatic rings. The van der Waals surface area contributed by atoms with E-state index >= 15 is 0 Å². The Morgan fingerprint density at radius 3 is 1.95 bits per heavy atom. The number of alkyl carbamates (subject to hydrolysis) is 1. The van der Waals surface area contributed by atoms with Gasteiger partial charge >= 0.3 is 6.09 Å². The first-order valence-corrected chi connectivity index (χ1v) is 14.0. The molecule has 3 atom stereocenters. The summed E-state index contributed by atoms with van der Waals surface area (Å²) in [4.78, 5) is 52.7. The Labute approximate surface area is 240 Å². The van der Waals surface area contributed by atoms with E-state index in [0.29, 0.717) is 12.8 Å². The van der Waals surface area contributed by atoms with E-state index in [2.05, 4.69) is 16.0 Å².